The van der Waals surface area contributed by atoms with E-state index in [2.05, 4.69) is 5.32 Å². The Morgan fingerprint density at radius 3 is 2.86 bits per heavy atom. The lowest BCUT2D eigenvalue weighted by atomic mass is 10.1. The highest BCUT2D eigenvalue weighted by atomic mass is 32.2. The van der Waals surface area contributed by atoms with E-state index in [9.17, 15) is 13.2 Å². The van der Waals surface area contributed by atoms with Crippen LogP contribution in [0.2, 0.25) is 0 Å². The van der Waals surface area contributed by atoms with Crippen LogP contribution in [0.3, 0.4) is 0 Å². The number of carbonyl (C=O) groups is 1. The number of nitrogens with one attached hydrogen (secondary N) is 1. The normalized spacial score (nSPS) is 17.8. The summed E-state index contributed by atoms with van der Waals surface area (Å²) >= 11 is 0. The van der Waals surface area contributed by atoms with Gasteiger partial charge in [-0.15, -0.1) is 0 Å². The van der Waals surface area contributed by atoms with Crippen LogP contribution < -0.4 is 11.1 Å². The second kappa shape index (κ2) is 6.44. The number of rotatable bonds is 5. The first-order valence-electron chi connectivity index (χ1n) is 7.02. The summed E-state index contributed by atoms with van der Waals surface area (Å²) in [5.74, 6) is 0.0992. The lowest BCUT2D eigenvalue weighted by Crippen LogP contribution is -2.27. The third-order valence-corrected chi connectivity index (χ3v) is 5.51. The molecule has 3 N–H and O–H groups in total. The molecule has 7 heteroatoms. The molecule has 0 aliphatic carbocycles. The highest BCUT2D eigenvalue weighted by Gasteiger charge is 2.27. The average molecular weight is 311 g/mol. The van der Waals surface area contributed by atoms with Crippen molar-refractivity contribution in [3.05, 3.63) is 23.8 Å². The lowest BCUT2D eigenvalue weighted by Gasteiger charge is -2.14. The van der Waals surface area contributed by atoms with E-state index < -0.39 is 10.0 Å². The fourth-order valence-corrected chi connectivity index (χ4v) is 3.91. The van der Waals surface area contributed by atoms with Gasteiger partial charge >= 0.3 is 0 Å². The van der Waals surface area contributed by atoms with Crippen molar-refractivity contribution in [2.24, 2.45) is 0 Å². The zero-order valence-corrected chi connectivity index (χ0v) is 12.9. The molecule has 0 bridgehead atoms. The predicted molar refractivity (Wildman–Crippen MR) is 83.4 cm³/mol. The monoisotopic (exact) mass is 311 g/mol. The molecule has 0 atom stereocenters. The Balaban J connectivity index is 1.81. The van der Waals surface area contributed by atoms with Gasteiger partial charge in [0.2, 0.25) is 15.9 Å². The van der Waals surface area contributed by atoms with Crippen molar-refractivity contribution >= 4 is 27.3 Å². The molecule has 21 heavy (non-hydrogen) atoms. The molecule has 0 spiro atoms. The van der Waals surface area contributed by atoms with Crippen LogP contribution in [-0.4, -0.2) is 37.5 Å². The standard InChI is InChI=1S/C14H21N3O3S/c1-11-5-6-12(15)10-13(11)16-14(18)4-2-7-17-8-3-9-21(17,19)20/h5-6,10H,2-4,7-9,15H2,1H3,(H,16,18). The van der Waals surface area contributed by atoms with Crippen molar-refractivity contribution in [2.45, 2.75) is 26.2 Å². The number of nitrogens with two attached hydrogens (primary N) is 1. The molecule has 1 saturated heterocycles. The number of benzene rings is 1. The summed E-state index contributed by atoms with van der Waals surface area (Å²) in [6, 6.07) is 5.35. The van der Waals surface area contributed by atoms with Gasteiger partial charge in [0.25, 0.3) is 0 Å². The Bertz CT molecular complexity index is 628. The zero-order valence-electron chi connectivity index (χ0n) is 12.1. The van der Waals surface area contributed by atoms with E-state index in [0.29, 0.717) is 43.7 Å². The summed E-state index contributed by atoms with van der Waals surface area (Å²) < 4.78 is 24.7. The molecule has 1 aromatic carbocycles. The molecule has 1 heterocycles. The number of carbonyl (C=O) groups excluding carboxylic acids is 1. The van der Waals surface area contributed by atoms with Crippen LogP contribution in [0.5, 0.6) is 0 Å². The van der Waals surface area contributed by atoms with Crippen molar-refractivity contribution in [1.29, 1.82) is 0 Å². The van der Waals surface area contributed by atoms with Gasteiger partial charge in [0.15, 0.2) is 0 Å². The first kappa shape index (κ1) is 15.8. The van der Waals surface area contributed by atoms with E-state index in [1.54, 1.807) is 12.1 Å². The van der Waals surface area contributed by atoms with Crippen LogP contribution in [0, 0.1) is 6.92 Å². The molecule has 1 amide bonds. The van der Waals surface area contributed by atoms with E-state index in [0.717, 1.165) is 5.56 Å². The largest absolute Gasteiger partial charge is 0.399 e. The van der Waals surface area contributed by atoms with E-state index in [1.165, 1.54) is 4.31 Å². The number of nitrogen functional groups attached to an aromatic ring is 1. The van der Waals surface area contributed by atoms with Crippen LogP contribution in [0.15, 0.2) is 18.2 Å². The first-order chi connectivity index (χ1) is 9.88. The summed E-state index contributed by atoms with van der Waals surface area (Å²) in [6.07, 6.45) is 1.49. The molecule has 1 fully saturated rings. The third-order valence-electron chi connectivity index (χ3n) is 3.55. The second-order valence-electron chi connectivity index (χ2n) is 5.29. The first-order valence-corrected chi connectivity index (χ1v) is 8.63. The summed E-state index contributed by atoms with van der Waals surface area (Å²) in [7, 11) is -3.07. The van der Waals surface area contributed by atoms with Crippen LogP contribution in [0.4, 0.5) is 11.4 Å². The molecule has 2 rings (SSSR count). The van der Waals surface area contributed by atoms with Gasteiger partial charge in [-0.25, -0.2) is 12.7 Å². The molecular formula is C14H21N3O3S. The Morgan fingerprint density at radius 1 is 1.43 bits per heavy atom. The second-order valence-corrected chi connectivity index (χ2v) is 7.38. The minimum absolute atomic E-state index is 0.125. The van der Waals surface area contributed by atoms with Gasteiger partial charge in [0.05, 0.1) is 5.75 Å². The minimum atomic E-state index is -3.07. The summed E-state index contributed by atoms with van der Waals surface area (Å²) in [5.41, 5.74) is 7.93. The highest BCUT2D eigenvalue weighted by Crippen LogP contribution is 2.19. The molecule has 6 nitrogen and oxygen atoms in total. The van der Waals surface area contributed by atoms with Crippen LogP contribution in [0.25, 0.3) is 0 Å². The quantitative estimate of drug-likeness (QED) is 0.802. The Kier molecular flexibility index (Phi) is 4.84. The van der Waals surface area contributed by atoms with Crippen molar-refractivity contribution in [3.8, 4) is 0 Å². The fourth-order valence-electron chi connectivity index (χ4n) is 2.35. The van der Waals surface area contributed by atoms with Crippen molar-refractivity contribution in [1.82, 2.24) is 4.31 Å². The predicted octanol–water partition coefficient (Wildman–Crippen LogP) is 1.33. The van der Waals surface area contributed by atoms with E-state index in [1.807, 2.05) is 13.0 Å². The number of hydrogen-bond donors (Lipinski definition) is 2. The van der Waals surface area contributed by atoms with Gasteiger partial charge in [-0.3, -0.25) is 4.79 Å². The molecule has 0 saturated carbocycles. The van der Waals surface area contributed by atoms with Gasteiger partial charge in [0, 0.05) is 30.9 Å². The summed E-state index contributed by atoms with van der Waals surface area (Å²) in [5, 5.41) is 2.81. The third kappa shape index (κ3) is 4.18. The lowest BCUT2D eigenvalue weighted by molar-refractivity contribution is -0.116. The molecule has 1 aliphatic heterocycles. The Labute approximate surface area is 125 Å². The van der Waals surface area contributed by atoms with Gasteiger partial charge in [-0.05, 0) is 37.5 Å². The number of amides is 1. The number of anilines is 2. The van der Waals surface area contributed by atoms with Gasteiger partial charge in [-0.1, -0.05) is 6.07 Å². The van der Waals surface area contributed by atoms with Gasteiger partial charge in [-0.2, -0.15) is 0 Å². The maximum absolute atomic E-state index is 11.9. The Morgan fingerprint density at radius 2 is 2.19 bits per heavy atom. The maximum atomic E-state index is 11.9. The highest BCUT2D eigenvalue weighted by molar-refractivity contribution is 7.89. The molecule has 1 aliphatic rings. The van der Waals surface area contributed by atoms with Crippen LogP contribution in [-0.2, 0) is 14.8 Å². The average Bonchev–Trinajstić information content (AvgIpc) is 2.73. The smallest absolute Gasteiger partial charge is 0.224 e. The van der Waals surface area contributed by atoms with Crippen LogP contribution in [0.1, 0.15) is 24.8 Å². The fraction of sp³-hybridized carbons (Fsp3) is 0.500. The molecular weight excluding hydrogens is 290 g/mol. The summed E-state index contributed by atoms with van der Waals surface area (Å²) in [6.45, 7) is 2.87. The van der Waals surface area contributed by atoms with E-state index in [4.69, 9.17) is 5.73 Å². The van der Waals surface area contributed by atoms with E-state index in [-0.39, 0.29) is 11.7 Å². The molecule has 0 unspecified atom stereocenters. The number of sulfonamides is 1. The number of hydrogen-bond acceptors (Lipinski definition) is 4. The number of nitrogens with zero attached hydrogens (tertiary/aromatic N) is 1. The maximum Gasteiger partial charge on any atom is 0.224 e. The molecule has 0 aromatic heterocycles. The van der Waals surface area contributed by atoms with Gasteiger partial charge < -0.3 is 11.1 Å². The summed E-state index contributed by atoms with van der Waals surface area (Å²) in [4.78, 5) is 11.9. The zero-order chi connectivity index (χ0) is 15.5. The van der Waals surface area contributed by atoms with Crippen molar-refractivity contribution < 1.29 is 13.2 Å². The molecule has 1 aromatic rings. The van der Waals surface area contributed by atoms with Crippen LogP contribution >= 0.6 is 0 Å². The molecule has 116 valence electrons. The minimum Gasteiger partial charge on any atom is -0.399 e. The van der Waals surface area contributed by atoms with Gasteiger partial charge in [0.1, 0.15) is 0 Å². The SMILES string of the molecule is Cc1ccc(N)cc1NC(=O)CCCN1CCCS1(=O)=O. The van der Waals surface area contributed by atoms with Crippen molar-refractivity contribution in [3.63, 3.8) is 0 Å². The van der Waals surface area contributed by atoms with Crippen molar-refractivity contribution in [2.75, 3.05) is 29.9 Å². The number of aryl methyl sites for hydroxylation is 1. The molecule has 0 radical (unpaired) electrons. The topological polar surface area (TPSA) is 92.5 Å². The Hall–Kier alpha value is -1.60. The van der Waals surface area contributed by atoms with E-state index >= 15 is 0 Å².